The molecule has 0 aliphatic carbocycles. The Hall–Kier alpha value is -3.01. The first-order valence-electron chi connectivity index (χ1n) is 8.46. The molecule has 2 heterocycles. The van der Waals surface area contributed by atoms with Crippen LogP contribution in [0.2, 0.25) is 0 Å². The zero-order valence-corrected chi connectivity index (χ0v) is 14.9. The fourth-order valence-corrected chi connectivity index (χ4v) is 3.37. The van der Waals surface area contributed by atoms with Crippen LogP contribution in [0.15, 0.2) is 30.0 Å². The second-order valence-electron chi connectivity index (χ2n) is 6.22. The SMILES string of the molecule is CCOC1=CC(=O)N(C2c3cc(C#N)ccc3O[C@@H](C)[C@@H]2OC(C)=O)C1. The lowest BCUT2D eigenvalue weighted by atomic mass is 9.91. The molecule has 0 saturated carbocycles. The van der Waals surface area contributed by atoms with E-state index in [0.29, 0.717) is 29.2 Å². The van der Waals surface area contributed by atoms with E-state index < -0.39 is 24.2 Å². The van der Waals surface area contributed by atoms with Gasteiger partial charge in [0.05, 0.1) is 24.8 Å². The average Bonchev–Trinajstić information content (AvgIpc) is 2.95. The van der Waals surface area contributed by atoms with Crippen LogP contribution in [-0.4, -0.2) is 42.1 Å². The Morgan fingerprint density at radius 3 is 2.88 bits per heavy atom. The molecular weight excluding hydrogens is 336 g/mol. The van der Waals surface area contributed by atoms with Crippen LogP contribution >= 0.6 is 0 Å². The van der Waals surface area contributed by atoms with E-state index in [9.17, 15) is 14.9 Å². The molecule has 3 rings (SSSR count). The molecule has 1 unspecified atom stereocenters. The monoisotopic (exact) mass is 356 g/mol. The molecule has 26 heavy (non-hydrogen) atoms. The highest BCUT2D eigenvalue weighted by molar-refractivity contribution is 5.91. The number of nitrogens with zero attached hydrogens (tertiary/aromatic N) is 2. The molecule has 2 aliphatic heterocycles. The van der Waals surface area contributed by atoms with Crippen LogP contribution in [-0.2, 0) is 19.1 Å². The van der Waals surface area contributed by atoms with Gasteiger partial charge in [0, 0.05) is 18.6 Å². The van der Waals surface area contributed by atoms with E-state index >= 15 is 0 Å². The quantitative estimate of drug-likeness (QED) is 0.768. The minimum Gasteiger partial charge on any atom is -0.496 e. The van der Waals surface area contributed by atoms with Gasteiger partial charge in [-0.1, -0.05) is 0 Å². The Morgan fingerprint density at radius 2 is 2.23 bits per heavy atom. The van der Waals surface area contributed by atoms with Gasteiger partial charge in [-0.25, -0.2) is 0 Å². The summed E-state index contributed by atoms with van der Waals surface area (Å²) in [7, 11) is 0. The predicted molar refractivity (Wildman–Crippen MR) is 91.0 cm³/mol. The van der Waals surface area contributed by atoms with Crippen LogP contribution < -0.4 is 4.74 Å². The van der Waals surface area contributed by atoms with Crippen molar-refractivity contribution in [3.8, 4) is 11.8 Å². The Bertz CT molecular complexity index is 811. The number of fused-ring (bicyclic) bond motifs is 1. The molecule has 0 N–H and O–H groups in total. The molecule has 0 aromatic heterocycles. The number of ether oxygens (including phenoxy) is 3. The fourth-order valence-electron chi connectivity index (χ4n) is 3.37. The molecule has 1 amide bonds. The Balaban J connectivity index is 2.04. The highest BCUT2D eigenvalue weighted by Gasteiger charge is 2.45. The van der Waals surface area contributed by atoms with Crippen molar-refractivity contribution in [2.45, 2.75) is 39.0 Å². The normalized spacial score (nSPS) is 24.2. The number of hydrogen-bond donors (Lipinski definition) is 0. The van der Waals surface area contributed by atoms with E-state index in [1.54, 1.807) is 30.0 Å². The van der Waals surface area contributed by atoms with Crippen molar-refractivity contribution >= 4 is 11.9 Å². The molecule has 0 spiro atoms. The first-order valence-corrected chi connectivity index (χ1v) is 8.46. The van der Waals surface area contributed by atoms with Gasteiger partial charge in [0.15, 0.2) is 6.10 Å². The van der Waals surface area contributed by atoms with Gasteiger partial charge < -0.3 is 19.1 Å². The second-order valence-corrected chi connectivity index (χ2v) is 6.22. The molecular formula is C19H20N2O5. The summed E-state index contributed by atoms with van der Waals surface area (Å²) in [6.07, 6.45) is 0.308. The molecule has 0 radical (unpaired) electrons. The van der Waals surface area contributed by atoms with Crippen molar-refractivity contribution in [2.75, 3.05) is 13.2 Å². The molecule has 0 fully saturated rings. The third kappa shape index (κ3) is 3.23. The van der Waals surface area contributed by atoms with E-state index in [2.05, 4.69) is 6.07 Å². The first-order chi connectivity index (χ1) is 12.4. The molecule has 136 valence electrons. The van der Waals surface area contributed by atoms with E-state index in [0.717, 1.165) is 0 Å². The zero-order chi connectivity index (χ0) is 18.8. The highest BCUT2D eigenvalue weighted by Crippen LogP contribution is 2.42. The van der Waals surface area contributed by atoms with Gasteiger partial charge >= 0.3 is 5.97 Å². The van der Waals surface area contributed by atoms with Crippen LogP contribution in [0, 0.1) is 11.3 Å². The molecule has 3 atom stereocenters. The van der Waals surface area contributed by atoms with Crippen molar-refractivity contribution < 1.29 is 23.8 Å². The summed E-state index contributed by atoms with van der Waals surface area (Å²) >= 11 is 0. The molecule has 0 saturated heterocycles. The first kappa shape index (κ1) is 17.8. The van der Waals surface area contributed by atoms with Gasteiger partial charge in [-0.15, -0.1) is 0 Å². The Kier molecular flexibility index (Phi) is 4.85. The van der Waals surface area contributed by atoms with Gasteiger partial charge in [-0.2, -0.15) is 5.26 Å². The number of nitriles is 1. The fraction of sp³-hybridized carbons (Fsp3) is 0.421. The topological polar surface area (TPSA) is 88.9 Å². The summed E-state index contributed by atoms with van der Waals surface area (Å²) < 4.78 is 16.8. The van der Waals surface area contributed by atoms with Crippen LogP contribution in [0.5, 0.6) is 5.75 Å². The largest absolute Gasteiger partial charge is 0.496 e. The average molecular weight is 356 g/mol. The number of carbonyl (C=O) groups is 2. The number of rotatable bonds is 4. The lowest BCUT2D eigenvalue weighted by Gasteiger charge is -2.41. The maximum atomic E-state index is 12.6. The smallest absolute Gasteiger partial charge is 0.303 e. The van der Waals surface area contributed by atoms with E-state index in [4.69, 9.17) is 14.2 Å². The van der Waals surface area contributed by atoms with Gasteiger partial charge in [-0.3, -0.25) is 9.59 Å². The van der Waals surface area contributed by atoms with E-state index in [-0.39, 0.29) is 12.5 Å². The molecule has 7 heteroatoms. The van der Waals surface area contributed by atoms with Gasteiger partial charge in [0.25, 0.3) is 5.91 Å². The lowest BCUT2D eigenvalue weighted by molar-refractivity contribution is -0.161. The van der Waals surface area contributed by atoms with Crippen molar-refractivity contribution in [2.24, 2.45) is 0 Å². The molecule has 7 nitrogen and oxygen atoms in total. The van der Waals surface area contributed by atoms with E-state index in [1.165, 1.54) is 13.0 Å². The number of esters is 1. The summed E-state index contributed by atoms with van der Waals surface area (Å²) in [6, 6.07) is 6.57. The minimum absolute atomic E-state index is 0.224. The Morgan fingerprint density at radius 1 is 1.46 bits per heavy atom. The molecule has 1 aromatic rings. The third-order valence-electron chi connectivity index (χ3n) is 4.41. The van der Waals surface area contributed by atoms with Crippen LogP contribution in [0.3, 0.4) is 0 Å². The van der Waals surface area contributed by atoms with Crippen molar-refractivity contribution in [3.05, 3.63) is 41.2 Å². The van der Waals surface area contributed by atoms with Crippen LogP contribution in [0.4, 0.5) is 0 Å². The molecule has 1 aromatic carbocycles. The van der Waals surface area contributed by atoms with Crippen LogP contribution in [0.25, 0.3) is 0 Å². The summed E-state index contributed by atoms with van der Waals surface area (Å²) in [6.45, 7) is 5.69. The minimum atomic E-state index is -0.688. The lowest BCUT2D eigenvalue weighted by Crippen LogP contribution is -2.49. The van der Waals surface area contributed by atoms with Crippen molar-refractivity contribution in [1.82, 2.24) is 4.90 Å². The predicted octanol–water partition coefficient (Wildman–Crippen LogP) is 2.07. The van der Waals surface area contributed by atoms with Crippen molar-refractivity contribution in [3.63, 3.8) is 0 Å². The third-order valence-corrected chi connectivity index (χ3v) is 4.41. The summed E-state index contributed by atoms with van der Waals surface area (Å²) in [4.78, 5) is 25.8. The summed E-state index contributed by atoms with van der Waals surface area (Å²) in [5.41, 5.74) is 1.09. The second kappa shape index (κ2) is 7.08. The van der Waals surface area contributed by atoms with Crippen LogP contribution in [0.1, 0.15) is 37.9 Å². The standard InChI is InChI=1S/C19H20N2O5/c1-4-24-14-8-17(23)21(10-14)18-15-7-13(9-20)5-6-16(15)25-11(2)19(18)26-12(3)22/h5-8,11,18-19H,4,10H2,1-3H3/t11-,18?,19-/m0/s1. The Labute approximate surface area is 151 Å². The number of carbonyl (C=O) groups excluding carboxylic acids is 2. The van der Waals surface area contributed by atoms with Gasteiger partial charge in [0.1, 0.15) is 23.7 Å². The van der Waals surface area contributed by atoms with Gasteiger partial charge in [0.2, 0.25) is 0 Å². The molecule has 2 aliphatic rings. The number of hydrogen-bond acceptors (Lipinski definition) is 6. The number of benzene rings is 1. The maximum Gasteiger partial charge on any atom is 0.303 e. The van der Waals surface area contributed by atoms with E-state index in [1.807, 2.05) is 6.92 Å². The highest BCUT2D eigenvalue weighted by atomic mass is 16.6. The van der Waals surface area contributed by atoms with Gasteiger partial charge in [-0.05, 0) is 32.0 Å². The summed E-state index contributed by atoms with van der Waals surface area (Å²) in [5.74, 6) is 0.455. The number of amides is 1. The summed E-state index contributed by atoms with van der Waals surface area (Å²) in [5, 5.41) is 9.23. The maximum absolute atomic E-state index is 12.6. The van der Waals surface area contributed by atoms with Crippen molar-refractivity contribution in [1.29, 1.82) is 5.26 Å². The zero-order valence-electron chi connectivity index (χ0n) is 14.9. The molecule has 0 bridgehead atoms.